The zero-order valence-electron chi connectivity index (χ0n) is 18.3. The van der Waals surface area contributed by atoms with Gasteiger partial charge in [-0.25, -0.2) is 4.79 Å². The average molecular weight is 494 g/mol. The number of carbonyl (C=O) groups is 1. The van der Waals surface area contributed by atoms with Gasteiger partial charge in [0.15, 0.2) is 28.9 Å². The van der Waals surface area contributed by atoms with Gasteiger partial charge in [-0.05, 0) is 41.5 Å². The monoisotopic (exact) mass is 493 g/mol. The number of ether oxygens (including phenoxy) is 2. The smallest absolute Gasteiger partial charge is 0.330 e. The Morgan fingerprint density at radius 2 is 1.97 bits per heavy atom. The van der Waals surface area contributed by atoms with Crippen LogP contribution in [0.4, 0.5) is 11.5 Å². The van der Waals surface area contributed by atoms with Gasteiger partial charge in [-0.1, -0.05) is 41.0 Å². The second kappa shape index (κ2) is 9.65. The highest BCUT2D eigenvalue weighted by atomic mass is 35.5. The van der Waals surface area contributed by atoms with Crippen molar-refractivity contribution in [2.24, 2.45) is 4.99 Å². The summed E-state index contributed by atoms with van der Waals surface area (Å²) in [6.45, 7) is 0.439. The fraction of sp³-hybridized carbons (Fsp3) is 0.160. The van der Waals surface area contributed by atoms with Crippen molar-refractivity contribution in [2.45, 2.75) is 6.04 Å². The number of aliphatic hydroxyl groups is 1. The van der Waals surface area contributed by atoms with Crippen molar-refractivity contribution in [3.63, 3.8) is 0 Å². The van der Waals surface area contributed by atoms with E-state index in [2.05, 4.69) is 15.5 Å². The van der Waals surface area contributed by atoms with Crippen molar-refractivity contribution in [1.82, 2.24) is 5.16 Å². The van der Waals surface area contributed by atoms with Gasteiger partial charge in [0.2, 0.25) is 0 Å². The molecule has 0 amide bonds. The van der Waals surface area contributed by atoms with E-state index in [4.69, 9.17) is 35.8 Å². The summed E-state index contributed by atoms with van der Waals surface area (Å²) in [5.74, 6) is 0.659. The molecule has 9 nitrogen and oxygen atoms in total. The Bertz CT molecular complexity index is 1430. The fourth-order valence-electron chi connectivity index (χ4n) is 3.68. The lowest BCUT2D eigenvalue weighted by Crippen LogP contribution is -2.22. The van der Waals surface area contributed by atoms with Crippen LogP contribution in [0.25, 0.3) is 22.1 Å². The highest BCUT2D eigenvalue weighted by molar-refractivity contribution is 6.36. The zero-order valence-corrected chi connectivity index (χ0v) is 19.0. The minimum Gasteiger partial charge on any atom is -0.486 e. The first kappa shape index (κ1) is 22.7. The molecule has 35 heavy (non-hydrogen) atoms. The molecule has 1 aromatic heterocycles. The van der Waals surface area contributed by atoms with E-state index in [1.165, 1.54) is 6.21 Å². The number of rotatable bonds is 7. The maximum absolute atomic E-state index is 11.0. The summed E-state index contributed by atoms with van der Waals surface area (Å²) in [6.07, 6.45) is 1.37. The Hall–Kier alpha value is -4.08. The zero-order chi connectivity index (χ0) is 24.4. The summed E-state index contributed by atoms with van der Waals surface area (Å²) in [5, 5.41) is 26.7. The van der Waals surface area contributed by atoms with E-state index < -0.39 is 18.6 Å². The Morgan fingerprint density at radius 3 is 2.77 bits per heavy atom. The van der Waals surface area contributed by atoms with Crippen molar-refractivity contribution >= 4 is 46.3 Å². The van der Waals surface area contributed by atoms with Gasteiger partial charge in [0, 0.05) is 11.8 Å². The van der Waals surface area contributed by atoms with Gasteiger partial charge in [-0.2, -0.15) is 0 Å². The number of benzene rings is 3. The van der Waals surface area contributed by atoms with Gasteiger partial charge >= 0.3 is 5.97 Å². The minimum absolute atomic E-state index is 0.475. The van der Waals surface area contributed by atoms with Gasteiger partial charge in [-0.3, -0.25) is 4.99 Å². The normalized spacial score (nSPS) is 13.8. The predicted octanol–water partition coefficient (Wildman–Crippen LogP) is 4.53. The van der Waals surface area contributed by atoms with E-state index in [9.17, 15) is 4.79 Å². The van der Waals surface area contributed by atoms with Gasteiger partial charge in [0.25, 0.3) is 0 Å². The van der Waals surface area contributed by atoms with Crippen LogP contribution < -0.4 is 14.8 Å². The highest BCUT2D eigenvalue weighted by Gasteiger charge is 2.17. The molecule has 3 N–H and O–H groups in total. The van der Waals surface area contributed by atoms with Crippen molar-refractivity contribution in [3.8, 4) is 22.6 Å². The van der Waals surface area contributed by atoms with Crippen LogP contribution in [0.2, 0.25) is 5.02 Å². The maximum Gasteiger partial charge on any atom is 0.330 e. The number of hydrogen-bond donors (Lipinski definition) is 3. The summed E-state index contributed by atoms with van der Waals surface area (Å²) < 4.78 is 16.7. The second-order valence-corrected chi connectivity index (χ2v) is 8.13. The third-order valence-electron chi connectivity index (χ3n) is 5.46. The number of halogens is 1. The quantitative estimate of drug-likeness (QED) is 0.320. The topological polar surface area (TPSA) is 126 Å². The number of aliphatic imine (C=N–C) groups is 1. The van der Waals surface area contributed by atoms with Crippen LogP contribution in [0, 0.1) is 0 Å². The number of aliphatic hydroxyl groups excluding tert-OH is 1. The van der Waals surface area contributed by atoms with Crippen molar-refractivity contribution < 1.29 is 29.0 Å². The van der Waals surface area contributed by atoms with Crippen molar-refractivity contribution in [1.29, 1.82) is 0 Å². The first-order valence-corrected chi connectivity index (χ1v) is 11.1. The van der Waals surface area contributed by atoms with Crippen LogP contribution in [0.15, 0.2) is 64.1 Å². The number of hydrogen-bond acceptors (Lipinski definition) is 8. The van der Waals surface area contributed by atoms with Crippen molar-refractivity contribution in [2.75, 3.05) is 25.1 Å². The van der Waals surface area contributed by atoms with Crippen molar-refractivity contribution in [3.05, 3.63) is 65.2 Å². The molecule has 0 radical (unpaired) electrons. The average Bonchev–Trinajstić information content (AvgIpc) is 3.27. The Kier molecular flexibility index (Phi) is 6.26. The third kappa shape index (κ3) is 4.64. The van der Waals surface area contributed by atoms with Crippen LogP contribution in [-0.4, -0.2) is 53.4 Å². The van der Waals surface area contributed by atoms with Gasteiger partial charge < -0.3 is 29.5 Å². The molecule has 2 heterocycles. The standard InChI is InChI=1S/C25H20ClN3O6/c26-23-16(15-5-7-20-22(11-15)34-9-8-33-20)2-1-3-18(23)28-24-17-6-4-14(10-21(17)35-29-24)12-27-19(13-30)25(31)32/h1-7,10-12,19,30H,8-9,13H2,(H,28,29)(H,31,32)/t19-/m1/s1. The molecule has 1 atom stereocenters. The van der Waals surface area contributed by atoms with Crippen LogP contribution in [-0.2, 0) is 4.79 Å². The van der Waals surface area contributed by atoms with Gasteiger partial charge in [0.1, 0.15) is 13.2 Å². The molecule has 1 aliphatic heterocycles. The van der Waals surface area contributed by atoms with E-state index in [1.807, 2.05) is 36.4 Å². The molecule has 4 aromatic rings. The predicted molar refractivity (Wildman–Crippen MR) is 131 cm³/mol. The molecule has 0 spiro atoms. The van der Waals surface area contributed by atoms with E-state index in [1.54, 1.807) is 18.2 Å². The summed E-state index contributed by atoms with van der Waals surface area (Å²) in [5.41, 5.74) is 3.44. The number of nitrogens with one attached hydrogen (secondary N) is 1. The van der Waals surface area contributed by atoms with E-state index in [-0.39, 0.29) is 0 Å². The largest absolute Gasteiger partial charge is 0.486 e. The molecule has 0 aliphatic carbocycles. The Balaban J connectivity index is 1.40. The molecule has 0 saturated heterocycles. The first-order chi connectivity index (χ1) is 17.0. The lowest BCUT2D eigenvalue weighted by Gasteiger charge is -2.19. The highest BCUT2D eigenvalue weighted by Crippen LogP contribution is 2.40. The molecular weight excluding hydrogens is 474 g/mol. The van der Waals surface area contributed by atoms with Crippen LogP contribution >= 0.6 is 11.6 Å². The molecule has 10 heteroatoms. The molecule has 3 aromatic carbocycles. The third-order valence-corrected chi connectivity index (χ3v) is 5.87. The molecule has 0 bridgehead atoms. The van der Waals surface area contributed by atoms with Crippen LogP contribution in [0.1, 0.15) is 5.56 Å². The van der Waals surface area contributed by atoms with E-state index >= 15 is 0 Å². The number of fused-ring (bicyclic) bond motifs is 2. The Morgan fingerprint density at radius 1 is 1.14 bits per heavy atom. The molecule has 0 unspecified atom stereocenters. The van der Waals surface area contributed by atoms with Crippen LogP contribution in [0.3, 0.4) is 0 Å². The number of nitrogens with zero attached hydrogens (tertiary/aromatic N) is 2. The van der Waals surface area contributed by atoms with Crippen LogP contribution in [0.5, 0.6) is 11.5 Å². The number of carboxylic acids is 1. The first-order valence-electron chi connectivity index (χ1n) is 10.8. The number of aliphatic carboxylic acids is 1. The number of carboxylic acid groups (broad SMARTS) is 1. The van der Waals surface area contributed by atoms with Gasteiger partial charge in [-0.15, -0.1) is 0 Å². The Labute approximate surface area is 204 Å². The molecule has 5 rings (SSSR count). The summed E-state index contributed by atoms with van der Waals surface area (Å²) in [7, 11) is 0. The summed E-state index contributed by atoms with van der Waals surface area (Å²) >= 11 is 6.75. The van der Waals surface area contributed by atoms with E-state index in [0.717, 1.165) is 11.1 Å². The number of aromatic nitrogens is 1. The number of anilines is 2. The molecule has 1 aliphatic rings. The fourth-order valence-corrected chi connectivity index (χ4v) is 3.96. The summed E-state index contributed by atoms with van der Waals surface area (Å²) in [4.78, 5) is 14.9. The minimum atomic E-state index is -1.22. The SMILES string of the molecule is O=C(O)[C@@H](CO)N=Cc1ccc2c(Nc3cccc(-c4ccc5c(c4)OCCO5)c3Cl)noc2c1. The lowest BCUT2D eigenvalue weighted by molar-refractivity contribution is -0.139. The molecule has 178 valence electrons. The second-order valence-electron chi connectivity index (χ2n) is 7.75. The molecular formula is C25H20ClN3O6. The molecule has 0 saturated carbocycles. The van der Waals surface area contributed by atoms with Gasteiger partial charge in [0.05, 0.1) is 22.7 Å². The molecule has 0 fully saturated rings. The lowest BCUT2D eigenvalue weighted by atomic mass is 10.0. The summed E-state index contributed by atoms with van der Waals surface area (Å²) in [6, 6.07) is 15.3. The maximum atomic E-state index is 11.0. The van der Waals surface area contributed by atoms with E-state index in [0.29, 0.717) is 57.8 Å².